The van der Waals surface area contributed by atoms with Crippen LogP contribution in [0, 0.1) is 11.8 Å². The van der Waals surface area contributed by atoms with Crippen LogP contribution in [0.4, 0.5) is 0 Å². The number of allylic oxidation sites excluding steroid dienone is 2. The Balaban J connectivity index is 2.41. The van der Waals surface area contributed by atoms with Crippen molar-refractivity contribution in [2.45, 2.75) is 91.6 Å². The summed E-state index contributed by atoms with van der Waals surface area (Å²) in [6, 6.07) is 0. The van der Waals surface area contributed by atoms with Crippen LogP contribution in [0.25, 0.3) is 0 Å². The van der Waals surface area contributed by atoms with E-state index in [1.54, 1.807) is 0 Å². The van der Waals surface area contributed by atoms with Crippen LogP contribution in [0.2, 0.25) is 0 Å². The second-order valence-electron chi connectivity index (χ2n) is 8.74. The molecule has 0 spiro atoms. The van der Waals surface area contributed by atoms with E-state index >= 15 is 0 Å². The van der Waals surface area contributed by atoms with Crippen molar-refractivity contribution < 1.29 is 23.8 Å². The minimum atomic E-state index is -0.428. The number of carbonyl (C=O) groups excluding carboxylic acids is 2. The van der Waals surface area contributed by atoms with E-state index in [9.17, 15) is 9.59 Å². The van der Waals surface area contributed by atoms with Gasteiger partial charge in [-0.3, -0.25) is 4.79 Å². The lowest BCUT2D eigenvalue weighted by atomic mass is 9.78. The van der Waals surface area contributed by atoms with Crippen LogP contribution in [0.15, 0.2) is 23.3 Å². The van der Waals surface area contributed by atoms with Gasteiger partial charge >= 0.3 is 11.9 Å². The lowest BCUT2D eigenvalue weighted by Gasteiger charge is -2.36. The second-order valence-corrected chi connectivity index (χ2v) is 8.74. The molecule has 1 aliphatic carbocycles. The molecular weight excluding hydrogens is 344 g/mol. The Hall–Kier alpha value is -1.62. The topological polar surface area (TPSA) is 65.1 Å². The van der Waals surface area contributed by atoms with E-state index in [1.165, 1.54) is 18.6 Å². The van der Waals surface area contributed by atoms with Crippen LogP contribution in [0.3, 0.4) is 0 Å². The molecule has 5 heteroatoms. The summed E-state index contributed by atoms with van der Waals surface area (Å²) in [4.78, 5) is 24.2. The van der Waals surface area contributed by atoms with Crippen molar-refractivity contribution in [3.8, 4) is 0 Å². The molecule has 0 aromatic rings. The van der Waals surface area contributed by atoms with E-state index in [-0.39, 0.29) is 41.6 Å². The molecule has 2 rings (SSSR count). The highest BCUT2D eigenvalue weighted by Crippen LogP contribution is 2.48. The maximum atomic E-state index is 12.4. The first-order valence-corrected chi connectivity index (χ1v) is 9.89. The molecule has 5 unspecified atom stereocenters. The third-order valence-corrected chi connectivity index (χ3v) is 5.45. The molecule has 0 saturated carbocycles. The van der Waals surface area contributed by atoms with Gasteiger partial charge in [-0.15, -0.1) is 0 Å². The average Bonchev–Trinajstić information content (AvgIpc) is 3.15. The molecule has 1 aliphatic heterocycles. The van der Waals surface area contributed by atoms with E-state index in [0.717, 1.165) is 18.4 Å². The molecular formula is C22H34O5. The summed E-state index contributed by atoms with van der Waals surface area (Å²) in [7, 11) is 0. The van der Waals surface area contributed by atoms with Crippen LogP contribution in [0.1, 0.15) is 67.7 Å². The summed E-state index contributed by atoms with van der Waals surface area (Å²) in [6.45, 7) is 13.4. The Labute approximate surface area is 163 Å². The van der Waals surface area contributed by atoms with Gasteiger partial charge in [-0.05, 0) is 46.5 Å². The minimum Gasteiger partial charge on any atom is -0.459 e. The molecule has 0 aromatic carbocycles. The smallest absolute Gasteiger partial charge is 0.330 e. The van der Waals surface area contributed by atoms with Gasteiger partial charge in [0.1, 0.15) is 18.3 Å². The molecule has 1 saturated heterocycles. The van der Waals surface area contributed by atoms with Gasteiger partial charge in [-0.25, -0.2) is 4.79 Å². The number of rotatable bonds is 4. The van der Waals surface area contributed by atoms with Gasteiger partial charge in [0.05, 0.1) is 5.60 Å². The fourth-order valence-electron chi connectivity index (χ4n) is 4.11. The molecule has 27 heavy (non-hydrogen) atoms. The molecule has 1 heterocycles. The normalized spacial score (nSPS) is 33.4. The van der Waals surface area contributed by atoms with E-state index in [1.807, 2.05) is 13.8 Å². The van der Waals surface area contributed by atoms with Gasteiger partial charge in [-0.2, -0.15) is 0 Å². The molecule has 5 nitrogen and oxygen atoms in total. The van der Waals surface area contributed by atoms with Crippen molar-refractivity contribution in [3.05, 3.63) is 23.3 Å². The Morgan fingerprint density at radius 1 is 1.26 bits per heavy atom. The molecule has 0 amide bonds. The highest BCUT2D eigenvalue weighted by molar-refractivity contribution is 5.82. The van der Waals surface area contributed by atoms with Gasteiger partial charge in [0.25, 0.3) is 0 Å². The molecule has 0 bridgehead atoms. The zero-order chi connectivity index (χ0) is 20.4. The van der Waals surface area contributed by atoms with Crippen molar-refractivity contribution in [1.82, 2.24) is 0 Å². The number of esters is 2. The number of hydrogen-bond acceptors (Lipinski definition) is 5. The summed E-state index contributed by atoms with van der Waals surface area (Å²) >= 11 is 0. The monoisotopic (exact) mass is 378 g/mol. The van der Waals surface area contributed by atoms with Crippen molar-refractivity contribution in [2.24, 2.45) is 11.8 Å². The molecule has 0 aromatic heterocycles. The van der Waals surface area contributed by atoms with Crippen molar-refractivity contribution in [1.29, 1.82) is 0 Å². The van der Waals surface area contributed by atoms with E-state index < -0.39 is 6.10 Å². The lowest BCUT2D eigenvalue weighted by molar-refractivity contribution is -0.161. The highest BCUT2D eigenvalue weighted by Gasteiger charge is 2.60. The first-order valence-electron chi connectivity index (χ1n) is 9.89. The third-order valence-electron chi connectivity index (χ3n) is 5.45. The van der Waals surface area contributed by atoms with Crippen LogP contribution >= 0.6 is 0 Å². The fraction of sp³-hybridized carbons (Fsp3) is 0.727. The standard InChI is InChI=1S/C22H34O5/c1-13(2)11-18(24)26-17-12-15(5)9-8-10-22(7)21(27-22)20(25-16(6)23)19(17)14(3)4/h9,11,14,17,19-21H,8,10,12H2,1-7H3. The van der Waals surface area contributed by atoms with Gasteiger partial charge in [0.15, 0.2) is 0 Å². The molecule has 152 valence electrons. The van der Waals surface area contributed by atoms with Gasteiger partial charge in [0.2, 0.25) is 0 Å². The summed E-state index contributed by atoms with van der Waals surface area (Å²) in [5, 5.41) is 0. The fourth-order valence-corrected chi connectivity index (χ4v) is 4.11. The maximum Gasteiger partial charge on any atom is 0.330 e. The SMILES string of the molecule is CC(=O)OC1C(C(C)C)C(OC(=O)C=C(C)C)CC(C)=CCCC2(C)OC12. The summed E-state index contributed by atoms with van der Waals surface area (Å²) in [5.74, 6) is -0.671. The van der Waals surface area contributed by atoms with E-state index in [2.05, 4.69) is 33.8 Å². The highest BCUT2D eigenvalue weighted by atomic mass is 16.6. The average molecular weight is 379 g/mol. The number of epoxide rings is 1. The Kier molecular flexibility index (Phi) is 6.90. The second kappa shape index (κ2) is 8.59. The lowest BCUT2D eigenvalue weighted by Crippen LogP contribution is -2.45. The number of hydrogen-bond donors (Lipinski definition) is 0. The zero-order valence-corrected chi connectivity index (χ0v) is 17.7. The molecule has 2 aliphatic rings. The first kappa shape index (κ1) is 21.7. The quantitative estimate of drug-likeness (QED) is 0.315. The third kappa shape index (κ3) is 5.68. The largest absolute Gasteiger partial charge is 0.459 e. The Bertz CT molecular complexity index is 629. The molecule has 1 fully saturated rings. The van der Waals surface area contributed by atoms with E-state index in [4.69, 9.17) is 14.2 Å². The predicted molar refractivity (Wildman–Crippen MR) is 104 cm³/mol. The van der Waals surface area contributed by atoms with Crippen molar-refractivity contribution in [3.63, 3.8) is 0 Å². The number of fused-ring (bicyclic) bond motifs is 1. The molecule has 0 radical (unpaired) electrons. The van der Waals surface area contributed by atoms with Crippen LogP contribution in [-0.4, -0.2) is 35.9 Å². The van der Waals surface area contributed by atoms with Crippen molar-refractivity contribution in [2.75, 3.05) is 0 Å². The van der Waals surface area contributed by atoms with Crippen LogP contribution < -0.4 is 0 Å². The summed E-state index contributed by atoms with van der Waals surface area (Å²) in [5.41, 5.74) is 1.78. The predicted octanol–water partition coefficient (Wildman–Crippen LogP) is 4.36. The zero-order valence-electron chi connectivity index (χ0n) is 17.7. The van der Waals surface area contributed by atoms with Gasteiger partial charge < -0.3 is 14.2 Å². The van der Waals surface area contributed by atoms with Crippen molar-refractivity contribution >= 4 is 11.9 Å². The van der Waals surface area contributed by atoms with Crippen LogP contribution in [0.5, 0.6) is 0 Å². The number of carbonyl (C=O) groups is 2. The molecule has 0 N–H and O–H groups in total. The molecule has 5 atom stereocenters. The number of ether oxygens (including phenoxy) is 3. The van der Waals surface area contributed by atoms with Gasteiger partial charge in [0, 0.05) is 25.3 Å². The first-order chi connectivity index (χ1) is 12.5. The van der Waals surface area contributed by atoms with Crippen LogP contribution in [-0.2, 0) is 23.8 Å². The van der Waals surface area contributed by atoms with Gasteiger partial charge in [-0.1, -0.05) is 31.1 Å². The van der Waals surface area contributed by atoms with E-state index in [0.29, 0.717) is 6.42 Å². The Morgan fingerprint density at radius 3 is 2.48 bits per heavy atom. The summed E-state index contributed by atoms with van der Waals surface area (Å²) in [6.07, 6.45) is 5.16. The summed E-state index contributed by atoms with van der Waals surface area (Å²) < 4.78 is 17.7. The minimum absolute atomic E-state index is 0.142. The maximum absolute atomic E-state index is 12.4. The Morgan fingerprint density at radius 2 is 1.93 bits per heavy atom.